The second kappa shape index (κ2) is 7.62. The van der Waals surface area contributed by atoms with Gasteiger partial charge in [-0.15, -0.1) is 0 Å². The quantitative estimate of drug-likeness (QED) is 0.670. The van der Waals surface area contributed by atoms with Crippen LogP contribution in [-0.2, 0) is 20.7 Å². The van der Waals surface area contributed by atoms with Gasteiger partial charge in [0.05, 0.1) is 6.42 Å². The average molecular weight is 333 g/mol. The maximum Gasteiger partial charge on any atom is 0.310 e. The third-order valence-corrected chi connectivity index (χ3v) is 4.09. The zero-order valence-electron chi connectivity index (χ0n) is 14.0. The van der Waals surface area contributed by atoms with Crippen LogP contribution in [0, 0.1) is 0 Å². The number of amides is 1. The highest BCUT2D eigenvalue weighted by Crippen LogP contribution is 2.19. The number of para-hydroxylation sites is 1. The first-order chi connectivity index (χ1) is 12.1. The van der Waals surface area contributed by atoms with E-state index in [4.69, 9.17) is 4.74 Å². The van der Waals surface area contributed by atoms with Crippen molar-refractivity contribution in [2.24, 2.45) is 0 Å². The van der Waals surface area contributed by atoms with Gasteiger partial charge >= 0.3 is 5.97 Å². The van der Waals surface area contributed by atoms with Gasteiger partial charge in [-0.3, -0.25) is 9.59 Å². The highest BCUT2D eigenvalue weighted by molar-refractivity contribution is 5.95. The summed E-state index contributed by atoms with van der Waals surface area (Å²) in [4.78, 5) is 25.8. The molecule has 0 fully saturated rings. The van der Waals surface area contributed by atoms with Crippen molar-refractivity contribution >= 4 is 28.3 Å². The van der Waals surface area contributed by atoms with Crippen LogP contribution >= 0.6 is 0 Å². The standard InChI is InChI=1S/C21H19NO3/c1-22(18-11-3-2-4-12-18)20(23)15-25-21(24)14-17-10-7-9-16-8-5-6-13-19(16)17/h2-13H,14-15H2,1H3. The van der Waals surface area contributed by atoms with Gasteiger partial charge in [-0.1, -0.05) is 60.7 Å². The van der Waals surface area contributed by atoms with Crippen LogP contribution < -0.4 is 4.90 Å². The molecule has 0 radical (unpaired) electrons. The summed E-state index contributed by atoms with van der Waals surface area (Å²) in [6.45, 7) is -0.269. The Morgan fingerprint density at radius 3 is 2.36 bits per heavy atom. The van der Waals surface area contributed by atoms with Crippen molar-refractivity contribution in [2.45, 2.75) is 6.42 Å². The van der Waals surface area contributed by atoms with Gasteiger partial charge in [-0.05, 0) is 28.5 Å². The van der Waals surface area contributed by atoms with Gasteiger partial charge < -0.3 is 9.64 Å². The fraction of sp³-hybridized carbons (Fsp3) is 0.143. The number of likely N-dealkylation sites (N-methyl/N-ethyl adjacent to an activating group) is 1. The molecule has 3 aromatic carbocycles. The minimum Gasteiger partial charge on any atom is -0.455 e. The van der Waals surface area contributed by atoms with Crippen LogP contribution in [0.5, 0.6) is 0 Å². The van der Waals surface area contributed by atoms with E-state index >= 15 is 0 Å². The summed E-state index contributed by atoms with van der Waals surface area (Å²) in [5.41, 5.74) is 1.66. The summed E-state index contributed by atoms with van der Waals surface area (Å²) < 4.78 is 5.17. The summed E-state index contributed by atoms with van der Waals surface area (Å²) in [7, 11) is 1.66. The van der Waals surface area contributed by atoms with Crippen molar-refractivity contribution in [1.82, 2.24) is 0 Å². The van der Waals surface area contributed by atoms with Crippen LogP contribution in [0.3, 0.4) is 0 Å². The Labute approximate surface area is 146 Å². The van der Waals surface area contributed by atoms with Crippen molar-refractivity contribution in [3.63, 3.8) is 0 Å². The summed E-state index contributed by atoms with van der Waals surface area (Å²) in [6.07, 6.45) is 0.143. The van der Waals surface area contributed by atoms with Gasteiger partial charge in [-0.25, -0.2) is 0 Å². The predicted octanol–water partition coefficient (Wildman–Crippen LogP) is 3.59. The van der Waals surface area contributed by atoms with E-state index in [0.717, 1.165) is 22.0 Å². The molecule has 0 saturated carbocycles. The zero-order valence-corrected chi connectivity index (χ0v) is 14.0. The molecule has 3 rings (SSSR count). The van der Waals surface area contributed by atoms with E-state index in [-0.39, 0.29) is 18.9 Å². The first kappa shape index (κ1) is 16.7. The maximum absolute atomic E-state index is 12.2. The molecule has 0 aliphatic carbocycles. The number of ether oxygens (including phenoxy) is 1. The monoisotopic (exact) mass is 333 g/mol. The van der Waals surface area contributed by atoms with Crippen LogP contribution in [-0.4, -0.2) is 25.5 Å². The Hall–Kier alpha value is -3.14. The van der Waals surface area contributed by atoms with E-state index in [2.05, 4.69) is 0 Å². The van der Waals surface area contributed by atoms with Gasteiger partial charge in [0, 0.05) is 12.7 Å². The third-order valence-electron chi connectivity index (χ3n) is 4.09. The number of fused-ring (bicyclic) bond motifs is 1. The maximum atomic E-state index is 12.2. The van der Waals surface area contributed by atoms with Gasteiger partial charge in [0.1, 0.15) is 0 Å². The lowest BCUT2D eigenvalue weighted by molar-refractivity contribution is -0.147. The van der Waals surface area contributed by atoms with E-state index in [1.165, 1.54) is 4.90 Å². The molecule has 4 heteroatoms. The molecule has 0 heterocycles. The molecule has 0 unspecified atom stereocenters. The van der Waals surface area contributed by atoms with Crippen LogP contribution in [0.2, 0.25) is 0 Å². The molecule has 25 heavy (non-hydrogen) atoms. The van der Waals surface area contributed by atoms with E-state index in [9.17, 15) is 9.59 Å². The van der Waals surface area contributed by atoms with Crippen LogP contribution in [0.25, 0.3) is 10.8 Å². The lowest BCUT2D eigenvalue weighted by Gasteiger charge is -2.17. The topological polar surface area (TPSA) is 46.6 Å². The second-order valence-electron chi connectivity index (χ2n) is 5.76. The fourth-order valence-electron chi connectivity index (χ4n) is 2.69. The number of carbonyl (C=O) groups is 2. The number of hydrogen-bond donors (Lipinski definition) is 0. The van der Waals surface area contributed by atoms with Crippen LogP contribution in [0.15, 0.2) is 72.8 Å². The number of nitrogens with zero attached hydrogens (tertiary/aromatic N) is 1. The molecular weight excluding hydrogens is 314 g/mol. The van der Waals surface area contributed by atoms with E-state index in [0.29, 0.717) is 0 Å². The van der Waals surface area contributed by atoms with Crippen molar-refractivity contribution < 1.29 is 14.3 Å². The van der Waals surface area contributed by atoms with Crippen LogP contribution in [0.1, 0.15) is 5.56 Å². The third kappa shape index (κ3) is 4.04. The average Bonchev–Trinajstić information content (AvgIpc) is 2.66. The second-order valence-corrected chi connectivity index (χ2v) is 5.76. The van der Waals surface area contributed by atoms with E-state index < -0.39 is 5.97 Å². The number of rotatable bonds is 5. The molecule has 1 amide bonds. The summed E-state index contributed by atoms with van der Waals surface area (Å²) in [5.74, 6) is -0.677. The first-order valence-corrected chi connectivity index (χ1v) is 8.09. The molecule has 0 spiro atoms. The number of benzene rings is 3. The first-order valence-electron chi connectivity index (χ1n) is 8.09. The summed E-state index contributed by atoms with van der Waals surface area (Å²) >= 11 is 0. The van der Waals surface area contributed by atoms with Gasteiger partial charge in [0.15, 0.2) is 6.61 Å². The zero-order chi connectivity index (χ0) is 17.6. The lowest BCUT2D eigenvalue weighted by atomic mass is 10.0. The molecule has 4 nitrogen and oxygen atoms in total. The molecule has 0 saturated heterocycles. The molecular formula is C21H19NO3. The number of esters is 1. The summed E-state index contributed by atoms with van der Waals surface area (Å²) in [6, 6.07) is 22.9. The minimum atomic E-state index is -0.411. The minimum absolute atomic E-state index is 0.143. The number of carbonyl (C=O) groups excluding carboxylic acids is 2. The molecule has 0 aliphatic heterocycles. The number of anilines is 1. The normalized spacial score (nSPS) is 10.4. The highest BCUT2D eigenvalue weighted by Gasteiger charge is 2.14. The van der Waals surface area contributed by atoms with Crippen molar-refractivity contribution in [2.75, 3.05) is 18.6 Å². The van der Waals surface area contributed by atoms with Gasteiger partial charge in [-0.2, -0.15) is 0 Å². The molecule has 3 aromatic rings. The van der Waals surface area contributed by atoms with Crippen molar-refractivity contribution in [3.8, 4) is 0 Å². The van der Waals surface area contributed by atoms with Crippen molar-refractivity contribution in [1.29, 1.82) is 0 Å². The predicted molar refractivity (Wildman–Crippen MR) is 98.5 cm³/mol. The lowest BCUT2D eigenvalue weighted by Crippen LogP contribution is -2.31. The Morgan fingerprint density at radius 1 is 0.880 bits per heavy atom. The molecule has 0 atom stereocenters. The highest BCUT2D eigenvalue weighted by atomic mass is 16.5. The SMILES string of the molecule is CN(C(=O)COC(=O)Cc1cccc2ccccc12)c1ccccc1. The van der Waals surface area contributed by atoms with E-state index in [1.807, 2.05) is 72.8 Å². The largest absolute Gasteiger partial charge is 0.455 e. The summed E-state index contributed by atoms with van der Waals surface area (Å²) in [5, 5.41) is 2.10. The fourth-order valence-corrected chi connectivity index (χ4v) is 2.69. The molecule has 126 valence electrons. The molecule has 0 aliphatic rings. The van der Waals surface area contributed by atoms with Crippen LogP contribution in [0.4, 0.5) is 5.69 Å². The van der Waals surface area contributed by atoms with Gasteiger partial charge in [0.2, 0.25) is 0 Å². The molecule has 0 bridgehead atoms. The molecule has 0 N–H and O–H groups in total. The Kier molecular flexibility index (Phi) is 5.09. The van der Waals surface area contributed by atoms with Gasteiger partial charge in [0.25, 0.3) is 5.91 Å². The van der Waals surface area contributed by atoms with Crippen molar-refractivity contribution in [3.05, 3.63) is 78.4 Å². The Balaban J connectivity index is 1.60. The Morgan fingerprint density at radius 2 is 1.56 bits per heavy atom. The molecule has 0 aromatic heterocycles. The Bertz CT molecular complexity index is 885. The smallest absolute Gasteiger partial charge is 0.310 e. The van der Waals surface area contributed by atoms with E-state index in [1.54, 1.807) is 7.05 Å². The number of hydrogen-bond acceptors (Lipinski definition) is 3.